The van der Waals surface area contributed by atoms with Gasteiger partial charge in [0.1, 0.15) is 17.7 Å². The van der Waals surface area contributed by atoms with Gasteiger partial charge in [-0.25, -0.2) is 4.98 Å². The molecule has 1 aliphatic heterocycles. The van der Waals surface area contributed by atoms with Gasteiger partial charge in [0.15, 0.2) is 0 Å². The Labute approximate surface area is 205 Å². The van der Waals surface area contributed by atoms with E-state index in [1.54, 1.807) is 20.5 Å². The number of hydrogen-bond donors (Lipinski definition) is 2. The topological polar surface area (TPSA) is 73.9 Å². The van der Waals surface area contributed by atoms with Crippen LogP contribution in [0.15, 0.2) is 79.3 Å². The summed E-state index contributed by atoms with van der Waals surface area (Å²) in [5.41, 5.74) is 6.42. The Morgan fingerprint density at radius 2 is 1.83 bits per heavy atom. The molecule has 0 aliphatic carbocycles. The van der Waals surface area contributed by atoms with Crippen LogP contribution in [-0.2, 0) is 13.1 Å². The molecule has 0 saturated carbocycles. The first-order chi connectivity index (χ1) is 17.2. The smallest absolute Gasteiger partial charge is 0.137 e. The molecule has 2 N–H and O–H groups in total. The van der Waals surface area contributed by atoms with E-state index in [0.717, 1.165) is 34.6 Å². The molecule has 3 aromatic carbocycles. The lowest BCUT2D eigenvalue weighted by Crippen LogP contribution is -2.34. The molecule has 5 rings (SSSR count). The van der Waals surface area contributed by atoms with Crippen LogP contribution >= 0.6 is 0 Å². The summed E-state index contributed by atoms with van der Waals surface area (Å²) in [7, 11) is 3.23. The normalized spacial score (nSPS) is 14.8. The van der Waals surface area contributed by atoms with Crippen LogP contribution in [0, 0.1) is 0 Å². The molecule has 7 nitrogen and oxygen atoms in total. The molecular weight excluding hydrogens is 440 g/mol. The SMILES string of the molecule is COc1ccc(C(O)N2CCN(Cc3cnc[nH]3)c3ccc(-c4ccccc4)cc3C2)c(OC)c1. The van der Waals surface area contributed by atoms with Crippen molar-refractivity contribution in [3.05, 3.63) is 96.1 Å². The van der Waals surface area contributed by atoms with Crippen LogP contribution in [-0.4, -0.2) is 47.3 Å². The van der Waals surface area contributed by atoms with E-state index in [2.05, 4.69) is 62.2 Å². The number of H-pyrrole nitrogens is 1. The summed E-state index contributed by atoms with van der Waals surface area (Å²) in [5.74, 6) is 1.30. The number of aliphatic hydroxyl groups excluding tert-OH is 1. The molecule has 0 amide bonds. The largest absolute Gasteiger partial charge is 0.497 e. The summed E-state index contributed by atoms with van der Waals surface area (Å²) in [6.45, 7) is 2.76. The van der Waals surface area contributed by atoms with E-state index in [9.17, 15) is 5.11 Å². The van der Waals surface area contributed by atoms with Crippen LogP contribution < -0.4 is 14.4 Å². The maximum Gasteiger partial charge on any atom is 0.137 e. The minimum Gasteiger partial charge on any atom is -0.497 e. The first kappa shape index (κ1) is 23.0. The molecule has 1 unspecified atom stereocenters. The number of aromatic amines is 1. The van der Waals surface area contributed by atoms with Crippen molar-refractivity contribution in [2.24, 2.45) is 0 Å². The van der Waals surface area contributed by atoms with Crippen molar-refractivity contribution >= 4 is 5.69 Å². The average molecular weight is 471 g/mol. The molecule has 0 fully saturated rings. The van der Waals surface area contributed by atoms with Gasteiger partial charge >= 0.3 is 0 Å². The molecule has 1 atom stereocenters. The second kappa shape index (κ2) is 10.2. The molecule has 7 heteroatoms. The zero-order valence-corrected chi connectivity index (χ0v) is 20.0. The number of aliphatic hydroxyl groups is 1. The molecule has 0 spiro atoms. The van der Waals surface area contributed by atoms with E-state index >= 15 is 0 Å². The number of methoxy groups -OCH3 is 2. The van der Waals surface area contributed by atoms with Crippen molar-refractivity contribution in [3.63, 3.8) is 0 Å². The van der Waals surface area contributed by atoms with E-state index in [-0.39, 0.29) is 0 Å². The second-order valence-electron chi connectivity index (χ2n) is 8.66. The van der Waals surface area contributed by atoms with Gasteiger partial charge in [-0.15, -0.1) is 0 Å². The van der Waals surface area contributed by atoms with Gasteiger partial charge in [-0.2, -0.15) is 0 Å². The highest BCUT2D eigenvalue weighted by molar-refractivity contribution is 5.69. The van der Waals surface area contributed by atoms with E-state index in [0.29, 0.717) is 31.1 Å². The Hall–Kier alpha value is -3.81. The standard InChI is InChI=1S/C28H30N4O3/c1-34-24-9-10-25(27(15-24)35-2)28(33)32-13-12-31(18-23-16-29-19-30-23)26-11-8-21(14-22(26)17-32)20-6-4-3-5-7-20/h3-11,14-16,19,28,33H,12-13,17-18H2,1-2H3,(H,29,30). The fraction of sp³-hybridized carbons (Fsp3) is 0.250. The summed E-state index contributed by atoms with van der Waals surface area (Å²) in [5, 5.41) is 11.5. The maximum absolute atomic E-state index is 11.5. The summed E-state index contributed by atoms with van der Waals surface area (Å²) in [6.07, 6.45) is 2.74. The zero-order chi connectivity index (χ0) is 24.2. The Morgan fingerprint density at radius 1 is 0.971 bits per heavy atom. The number of hydrogen-bond acceptors (Lipinski definition) is 6. The number of anilines is 1. The van der Waals surface area contributed by atoms with Crippen molar-refractivity contribution in [2.75, 3.05) is 32.2 Å². The summed E-state index contributed by atoms with van der Waals surface area (Å²) in [4.78, 5) is 11.8. The van der Waals surface area contributed by atoms with Gasteiger partial charge in [0.2, 0.25) is 0 Å². The Morgan fingerprint density at radius 3 is 2.57 bits per heavy atom. The van der Waals surface area contributed by atoms with Crippen molar-refractivity contribution in [2.45, 2.75) is 19.3 Å². The number of imidazole rings is 1. The van der Waals surface area contributed by atoms with Crippen molar-refractivity contribution in [1.82, 2.24) is 14.9 Å². The molecular formula is C28H30N4O3. The van der Waals surface area contributed by atoms with E-state index < -0.39 is 6.23 Å². The first-order valence-electron chi connectivity index (χ1n) is 11.7. The van der Waals surface area contributed by atoms with E-state index in [1.165, 1.54) is 5.56 Å². The zero-order valence-electron chi connectivity index (χ0n) is 20.0. The molecule has 4 aromatic rings. The third-order valence-electron chi connectivity index (χ3n) is 6.54. The number of rotatable bonds is 7. The van der Waals surface area contributed by atoms with Gasteiger partial charge < -0.3 is 24.5 Å². The van der Waals surface area contributed by atoms with Crippen LogP contribution in [0.2, 0.25) is 0 Å². The Bertz CT molecular complexity index is 1260. The molecule has 35 heavy (non-hydrogen) atoms. The van der Waals surface area contributed by atoms with Gasteiger partial charge in [0, 0.05) is 43.1 Å². The number of nitrogens with one attached hydrogen (secondary N) is 1. The van der Waals surface area contributed by atoms with Gasteiger partial charge in [0.05, 0.1) is 32.8 Å². The first-order valence-corrected chi connectivity index (χ1v) is 11.7. The Kier molecular flexibility index (Phi) is 6.70. The molecule has 1 aliphatic rings. The van der Waals surface area contributed by atoms with Crippen molar-refractivity contribution < 1.29 is 14.6 Å². The van der Waals surface area contributed by atoms with Gasteiger partial charge in [-0.3, -0.25) is 4.90 Å². The second-order valence-corrected chi connectivity index (χ2v) is 8.66. The summed E-state index contributed by atoms with van der Waals surface area (Å²) in [6, 6.07) is 22.5. The summed E-state index contributed by atoms with van der Waals surface area (Å²) >= 11 is 0. The van der Waals surface area contributed by atoms with Crippen molar-refractivity contribution in [1.29, 1.82) is 0 Å². The number of ether oxygens (including phenoxy) is 2. The van der Waals surface area contributed by atoms with E-state index in [1.807, 2.05) is 30.5 Å². The van der Waals surface area contributed by atoms with Crippen LogP contribution in [0.3, 0.4) is 0 Å². The van der Waals surface area contributed by atoms with Gasteiger partial charge in [-0.05, 0) is 41.0 Å². The number of benzene rings is 3. The van der Waals surface area contributed by atoms with E-state index in [4.69, 9.17) is 9.47 Å². The monoisotopic (exact) mass is 470 g/mol. The number of fused-ring (bicyclic) bond motifs is 1. The molecule has 2 heterocycles. The van der Waals surface area contributed by atoms with Crippen LogP contribution in [0.5, 0.6) is 11.5 Å². The fourth-order valence-electron chi connectivity index (χ4n) is 4.68. The van der Waals surface area contributed by atoms with Crippen molar-refractivity contribution in [3.8, 4) is 22.6 Å². The highest BCUT2D eigenvalue weighted by Gasteiger charge is 2.27. The maximum atomic E-state index is 11.5. The molecule has 0 saturated heterocycles. The van der Waals surface area contributed by atoms with Crippen LogP contribution in [0.4, 0.5) is 5.69 Å². The molecule has 0 radical (unpaired) electrons. The molecule has 0 bridgehead atoms. The lowest BCUT2D eigenvalue weighted by molar-refractivity contribution is -0.00266. The third-order valence-corrected chi connectivity index (χ3v) is 6.54. The van der Waals surface area contributed by atoms with Gasteiger partial charge in [0.25, 0.3) is 0 Å². The highest BCUT2D eigenvalue weighted by atomic mass is 16.5. The Balaban J connectivity index is 1.50. The number of nitrogens with zero attached hydrogens (tertiary/aromatic N) is 3. The average Bonchev–Trinajstić information content (AvgIpc) is 3.36. The lowest BCUT2D eigenvalue weighted by atomic mass is 10.0. The highest BCUT2D eigenvalue weighted by Crippen LogP contribution is 2.36. The predicted octanol–water partition coefficient (Wildman–Crippen LogP) is 4.61. The molecule has 1 aromatic heterocycles. The lowest BCUT2D eigenvalue weighted by Gasteiger charge is -2.28. The predicted molar refractivity (Wildman–Crippen MR) is 136 cm³/mol. The van der Waals surface area contributed by atoms with Crippen LogP contribution in [0.25, 0.3) is 11.1 Å². The minimum atomic E-state index is -0.823. The minimum absolute atomic E-state index is 0.603. The van der Waals surface area contributed by atoms with Crippen LogP contribution in [0.1, 0.15) is 23.0 Å². The third kappa shape index (κ3) is 4.87. The number of aromatic nitrogens is 2. The fourth-order valence-corrected chi connectivity index (χ4v) is 4.68. The summed E-state index contributed by atoms with van der Waals surface area (Å²) < 4.78 is 10.9. The quantitative estimate of drug-likeness (QED) is 0.411. The molecule has 180 valence electrons. The van der Waals surface area contributed by atoms with Gasteiger partial charge in [-0.1, -0.05) is 36.4 Å².